The van der Waals surface area contributed by atoms with Crippen LogP contribution in [0.25, 0.3) is 11.0 Å². The average molecular weight is 636 g/mol. The number of hydrogen-bond donors (Lipinski definition) is 2. The van der Waals surface area contributed by atoms with E-state index < -0.39 is 28.5 Å². The van der Waals surface area contributed by atoms with Crippen molar-refractivity contribution in [3.63, 3.8) is 0 Å². The summed E-state index contributed by atoms with van der Waals surface area (Å²) in [7, 11) is -1.47. The van der Waals surface area contributed by atoms with Crippen LogP contribution in [-0.2, 0) is 16.4 Å². The van der Waals surface area contributed by atoms with Crippen LogP contribution >= 0.6 is 11.6 Å². The molecular weight excluding hydrogens is 603 g/mol. The third-order valence-corrected chi connectivity index (χ3v) is 9.43. The van der Waals surface area contributed by atoms with E-state index in [-0.39, 0.29) is 50.9 Å². The molecular formula is C30H33ClF3N5O3S. The molecule has 2 fully saturated rings. The van der Waals surface area contributed by atoms with E-state index in [1.54, 1.807) is 18.2 Å². The van der Waals surface area contributed by atoms with Gasteiger partial charge in [-0.2, -0.15) is 13.2 Å². The van der Waals surface area contributed by atoms with Crippen molar-refractivity contribution in [2.24, 2.45) is 5.92 Å². The van der Waals surface area contributed by atoms with Crippen molar-refractivity contribution < 1.29 is 26.4 Å². The molecule has 2 N–H and O–H groups in total. The van der Waals surface area contributed by atoms with Crippen LogP contribution in [0.3, 0.4) is 0 Å². The summed E-state index contributed by atoms with van der Waals surface area (Å²) in [6.45, 7) is 2.61. The Labute approximate surface area is 253 Å². The highest BCUT2D eigenvalue weighted by Gasteiger charge is 2.31. The van der Waals surface area contributed by atoms with Crippen LogP contribution in [0, 0.1) is 17.8 Å². The fourth-order valence-electron chi connectivity index (χ4n) is 5.57. The van der Waals surface area contributed by atoms with Crippen LogP contribution in [0.2, 0.25) is 5.02 Å². The van der Waals surface area contributed by atoms with Gasteiger partial charge in [-0.05, 0) is 74.5 Å². The minimum absolute atomic E-state index is 0.0727. The molecule has 0 spiro atoms. The standard InChI is InChI=1S/C30H33ClF3N5O3S/c1-18-15-38(2)10-8-24(18)37-29(40)22-11-19(12-26-28(22)36-17-39(26)16-30(32,33)34)5-4-9-35-25-14-23(31)27(43(3,41)42)13-21(25)20-6-7-20/h11-14,17-18,20,24,35H,6-10,15-16H2,1-3H3,(H,37,40)/t18-,24-/m0/s1. The van der Waals surface area contributed by atoms with Gasteiger partial charge >= 0.3 is 6.18 Å². The van der Waals surface area contributed by atoms with E-state index in [4.69, 9.17) is 11.6 Å². The number of carbonyl (C=O) groups excluding carboxylic acids is 1. The number of imidazole rings is 1. The molecule has 43 heavy (non-hydrogen) atoms. The van der Waals surface area contributed by atoms with E-state index >= 15 is 0 Å². The van der Waals surface area contributed by atoms with Crippen LogP contribution in [0.4, 0.5) is 18.9 Å². The molecule has 0 unspecified atom stereocenters. The van der Waals surface area contributed by atoms with Crippen molar-refractivity contribution in [3.8, 4) is 11.8 Å². The molecule has 2 atom stereocenters. The third kappa shape index (κ3) is 7.45. The summed E-state index contributed by atoms with van der Waals surface area (Å²) >= 11 is 6.27. The minimum atomic E-state index is -4.47. The predicted octanol–water partition coefficient (Wildman–Crippen LogP) is 5.07. The van der Waals surface area contributed by atoms with Crippen LogP contribution in [0.15, 0.2) is 35.5 Å². The number of hydrogen-bond acceptors (Lipinski definition) is 6. The number of nitrogens with zero attached hydrogens (tertiary/aromatic N) is 3. The Morgan fingerprint density at radius 1 is 1.19 bits per heavy atom. The normalized spacial score (nSPS) is 19.6. The topological polar surface area (TPSA) is 96.3 Å². The molecule has 1 aromatic heterocycles. The molecule has 2 aliphatic rings. The van der Waals surface area contributed by atoms with Crippen LogP contribution in [-0.4, -0.2) is 73.9 Å². The van der Waals surface area contributed by atoms with Gasteiger partial charge in [-0.1, -0.05) is 30.4 Å². The Bertz CT molecular complexity index is 1720. The number of carbonyl (C=O) groups is 1. The van der Waals surface area contributed by atoms with E-state index in [9.17, 15) is 26.4 Å². The van der Waals surface area contributed by atoms with E-state index in [1.165, 1.54) is 6.07 Å². The lowest BCUT2D eigenvalue weighted by atomic mass is 9.93. The van der Waals surface area contributed by atoms with E-state index in [0.29, 0.717) is 11.3 Å². The smallest absolute Gasteiger partial charge is 0.374 e. The Balaban J connectivity index is 1.42. The second kappa shape index (κ2) is 12.0. The SMILES string of the molecule is C[C@H]1CN(C)CC[C@@H]1NC(=O)c1cc(C#CCNc2cc(Cl)c(S(C)(=O)=O)cc2C2CC2)cc2c1ncn2CC(F)(F)F. The Morgan fingerprint density at radius 2 is 1.93 bits per heavy atom. The van der Waals surface area contributed by atoms with Gasteiger partial charge in [0.15, 0.2) is 9.84 Å². The number of benzene rings is 2. The van der Waals surface area contributed by atoms with Crippen molar-refractivity contribution >= 4 is 44.1 Å². The van der Waals surface area contributed by atoms with Crippen molar-refractivity contribution in [2.45, 2.75) is 55.8 Å². The van der Waals surface area contributed by atoms with Crippen molar-refractivity contribution in [2.75, 3.05) is 38.3 Å². The highest BCUT2D eigenvalue weighted by Crippen LogP contribution is 2.45. The summed E-state index contributed by atoms with van der Waals surface area (Å²) in [5.74, 6) is 5.97. The Kier molecular flexibility index (Phi) is 8.71. The van der Waals surface area contributed by atoms with Crippen LogP contribution in [0.5, 0.6) is 0 Å². The number of anilines is 1. The molecule has 8 nitrogen and oxygen atoms in total. The second-order valence-electron chi connectivity index (χ2n) is 11.6. The molecule has 13 heteroatoms. The van der Waals surface area contributed by atoms with Gasteiger partial charge in [0.1, 0.15) is 12.1 Å². The second-order valence-corrected chi connectivity index (χ2v) is 14.0. The largest absolute Gasteiger partial charge is 0.406 e. The third-order valence-electron chi connectivity index (χ3n) is 7.87. The molecule has 1 aliphatic carbocycles. The number of nitrogens with one attached hydrogen (secondary N) is 2. The first-order valence-electron chi connectivity index (χ1n) is 14.0. The first-order valence-corrected chi connectivity index (χ1v) is 16.3. The number of fused-ring (bicyclic) bond motifs is 1. The summed E-state index contributed by atoms with van der Waals surface area (Å²) < 4.78 is 65.2. The quantitative estimate of drug-likeness (QED) is 0.352. The van der Waals surface area contributed by atoms with Gasteiger partial charge in [0.2, 0.25) is 0 Å². The molecule has 0 radical (unpaired) electrons. The van der Waals surface area contributed by atoms with Gasteiger partial charge in [0.25, 0.3) is 5.91 Å². The van der Waals surface area contributed by atoms with Crippen LogP contribution < -0.4 is 10.6 Å². The van der Waals surface area contributed by atoms with Gasteiger partial charge in [-0.25, -0.2) is 13.4 Å². The van der Waals surface area contributed by atoms with Crippen molar-refractivity contribution in [1.29, 1.82) is 0 Å². The fraction of sp³-hybridized carbons (Fsp3) is 0.467. The molecule has 1 saturated carbocycles. The number of halogens is 4. The molecule has 5 rings (SSSR count). The monoisotopic (exact) mass is 635 g/mol. The summed E-state index contributed by atoms with van der Waals surface area (Å²) in [4.78, 5) is 19.9. The highest BCUT2D eigenvalue weighted by atomic mass is 35.5. The van der Waals surface area contributed by atoms with Gasteiger partial charge in [-0.15, -0.1) is 0 Å². The zero-order valence-electron chi connectivity index (χ0n) is 24.1. The number of amides is 1. The highest BCUT2D eigenvalue weighted by molar-refractivity contribution is 7.90. The van der Waals surface area contributed by atoms with E-state index in [1.807, 2.05) is 7.05 Å². The zero-order valence-corrected chi connectivity index (χ0v) is 25.6. The molecule has 1 aliphatic heterocycles. The summed E-state index contributed by atoms with van der Waals surface area (Å²) in [6.07, 6.45) is 0.381. The van der Waals surface area contributed by atoms with Gasteiger partial charge in [0, 0.05) is 30.1 Å². The van der Waals surface area contributed by atoms with Crippen molar-refractivity contribution in [1.82, 2.24) is 19.8 Å². The zero-order chi connectivity index (χ0) is 31.1. The van der Waals surface area contributed by atoms with Gasteiger partial charge in [-0.3, -0.25) is 4.79 Å². The maximum absolute atomic E-state index is 13.4. The molecule has 3 aromatic rings. The molecule has 230 valence electrons. The van der Waals surface area contributed by atoms with E-state index in [2.05, 4.69) is 39.3 Å². The number of alkyl halides is 3. The minimum Gasteiger partial charge on any atom is -0.374 e. The number of piperidine rings is 1. The van der Waals surface area contributed by atoms with Crippen molar-refractivity contribution in [3.05, 3.63) is 52.3 Å². The summed E-state index contributed by atoms with van der Waals surface area (Å²) in [6, 6.07) is 6.18. The number of sulfone groups is 1. The number of aromatic nitrogens is 2. The number of likely N-dealkylation sites (tertiary alicyclic amines) is 1. The average Bonchev–Trinajstić information content (AvgIpc) is 3.68. The maximum Gasteiger partial charge on any atom is 0.406 e. The Hall–Kier alpha value is -3.27. The van der Waals surface area contributed by atoms with E-state index in [0.717, 1.165) is 55.1 Å². The molecule has 1 saturated heterocycles. The first kappa shape index (κ1) is 31.2. The lowest BCUT2D eigenvalue weighted by Gasteiger charge is -2.35. The summed E-state index contributed by atoms with van der Waals surface area (Å²) in [5, 5.41) is 6.37. The molecule has 2 heterocycles. The van der Waals surface area contributed by atoms with Gasteiger partial charge < -0.3 is 20.1 Å². The maximum atomic E-state index is 13.4. The van der Waals surface area contributed by atoms with Crippen LogP contribution in [0.1, 0.15) is 53.6 Å². The van der Waals surface area contributed by atoms with Gasteiger partial charge in [0.05, 0.1) is 33.9 Å². The molecule has 1 amide bonds. The molecule has 0 bridgehead atoms. The fourth-order valence-corrected chi connectivity index (χ4v) is 6.90. The lowest BCUT2D eigenvalue weighted by molar-refractivity contribution is -0.139. The Morgan fingerprint density at radius 3 is 2.58 bits per heavy atom. The molecule has 2 aromatic carbocycles. The lowest BCUT2D eigenvalue weighted by Crippen LogP contribution is -2.48. The first-order chi connectivity index (χ1) is 20.2. The summed E-state index contributed by atoms with van der Waals surface area (Å²) in [5.41, 5.74) is 2.42. The predicted molar refractivity (Wildman–Crippen MR) is 160 cm³/mol. The number of rotatable bonds is 7.